The van der Waals surface area contributed by atoms with Crippen molar-refractivity contribution in [3.05, 3.63) is 59.1 Å². The number of anilines is 1. The number of ether oxygens (including phenoxy) is 1. The molecule has 2 aromatic carbocycles. The molecule has 11 heteroatoms. The second kappa shape index (κ2) is 7.28. The molecule has 1 heterocycles. The Labute approximate surface area is 167 Å². The number of methoxy groups -OCH3 is 1. The number of hydrogen-bond donors (Lipinski definition) is 2. The Morgan fingerprint density at radius 3 is 2.38 bits per heavy atom. The zero-order chi connectivity index (χ0) is 21.4. The Hall–Kier alpha value is -3.27. The number of urea groups is 1. The molecule has 1 atom stereocenters. The van der Waals surface area contributed by atoms with E-state index < -0.39 is 29.7 Å². The third kappa shape index (κ3) is 3.58. The van der Waals surface area contributed by atoms with Crippen molar-refractivity contribution in [3.8, 4) is 5.75 Å². The third-order valence-corrected chi connectivity index (χ3v) is 4.40. The predicted molar refractivity (Wildman–Crippen MR) is 96.7 cm³/mol. The van der Waals surface area contributed by atoms with E-state index in [0.29, 0.717) is 10.6 Å². The maximum atomic E-state index is 13.9. The summed E-state index contributed by atoms with van der Waals surface area (Å²) in [6, 6.07) is 8.99. The molecule has 0 saturated carbocycles. The van der Waals surface area contributed by atoms with Crippen LogP contribution in [0.3, 0.4) is 0 Å². The van der Waals surface area contributed by atoms with Crippen LogP contribution in [-0.4, -0.2) is 36.8 Å². The molecule has 152 valence electrons. The Kier molecular flexibility index (Phi) is 5.14. The van der Waals surface area contributed by atoms with Crippen molar-refractivity contribution in [2.45, 2.75) is 11.8 Å². The molecule has 29 heavy (non-hydrogen) atoms. The standard InChI is InChI=1S/C18H13ClF3N3O4/c1-29-13-7-5-12(6-8-13)25-15(27)17(18(20,21)22,24-16(25)28)23-14(26)10-3-2-4-11(19)9-10/h2-9H,1H3,(H,23,26)(H,24,28)/t17-/m0/s1. The Morgan fingerprint density at radius 1 is 1.17 bits per heavy atom. The molecule has 2 aromatic rings. The van der Waals surface area contributed by atoms with Gasteiger partial charge in [-0.2, -0.15) is 13.2 Å². The SMILES string of the molecule is COc1ccc(N2C(=O)N[C@](NC(=O)c3cccc(Cl)c3)(C(F)(F)F)C2=O)cc1. The normalized spacial score (nSPS) is 19.1. The number of carbonyl (C=O) groups is 3. The fraction of sp³-hybridized carbons (Fsp3) is 0.167. The molecule has 0 aliphatic carbocycles. The lowest BCUT2D eigenvalue weighted by Gasteiger charge is -2.29. The van der Waals surface area contributed by atoms with Crippen LogP contribution in [0.5, 0.6) is 5.75 Å². The summed E-state index contributed by atoms with van der Waals surface area (Å²) in [6.07, 6.45) is -5.32. The lowest BCUT2D eigenvalue weighted by Crippen LogP contribution is -2.69. The fourth-order valence-corrected chi connectivity index (χ4v) is 2.91. The van der Waals surface area contributed by atoms with E-state index in [1.54, 1.807) is 10.6 Å². The van der Waals surface area contributed by atoms with Gasteiger partial charge in [-0.3, -0.25) is 14.9 Å². The number of imide groups is 1. The molecule has 0 radical (unpaired) electrons. The molecule has 7 nitrogen and oxygen atoms in total. The first-order valence-electron chi connectivity index (χ1n) is 8.04. The second-order valence-corrected chi connectivity index (χ2v) is 6.42. The van der Waals surface area contributed by atoms with E-state index in [-0.39, 0.29) is 16.3 Å². The summed E-state index contributed by atoms with van der Waals surface area (Å²) in [6.45, 7) is 0. The molecule has 1 aliphatic heterocycles. The van der Waals surface area contributed by atoms with Crippen LogP contribution < -0.4 is 20.3 Å². The summed E-state index contributed by atoms with van der Waals surface area (Å²) < 4.78 is 46.6. The van der Waals surface area contributed by atoms with Crippen molar-refractivity contribution in [2.24, 2.45) is 0 Å². The second-order valence-electron chi connectivity index (χ2n) is 5.98. The molecule has 2 N–H and O–H groups in total. The summed E-state index contributed by atoms with van der Waals surface area (Å²) in [5.74, 6) is -2.57. The van der Waals surface area contributed by atoms with Crippen molar-refractivity contribution in [1.29, 1.82) is 0 Å². The first kappa shape index (κ1) is 20.5. The minimum absolute atomic E-state index is 0.111. The van der Waals surface area contributed by atoms with Crippen molar-refractivity contribution >= 4 is 35.1 Å². The summed E-state index contributed by atoms with van der Waals surface area (Å²) in [5, 5.41) is 3.29. The van der Waals surface area contributed by atoms with Gasteiger partial charge in [0.2, 0.25) is 0 Å². The van der Waals surface area contributed by atoms with Crippen LogP contribution in [-0.2, 0) is 4.79 Å². The molecular formula is C18H13ClF3N3O4. The number of benzene rings is 2. The molecule has 0 bridgehead atoms. The minimum Gasteiger partial charge on any atom is -0.497 e. The van der Waals surface area contributed by atoms with E-state index in [4.69, 9.17) is 16.3 Å². The van der Waals surface area contributed by atoms with E-state index in [0.717, 1.165) is 6.07 Å². The van der Waals surface area contributed by atoms with Gasteiger partial charge in [-0.05, 0) is 42.5 Å². The average Bonchev–Trinajstić information content (AvgIpc) is 2.92. The predicted octanol–water partition coefficient (Wildman–Crippen LogP) is 3.09. The average molecular weight is 428 g/mol. The van der Waals surface area contributed by atoms with Crippen molar-refractivity contribution in [3.63, 3.8) is 0 Å². The highest BCUT2D eigenvalue weighted by Gasteiger charge is 2.69. The Balaban J connectivity index is 1.99. The van der Waals surface area contributed by atoms with Crippen LogP contribution in [0.4, 0.5) is 23.7 Å². The molecule has 0 spiro atoms. The summed E-state index contributed by atoms with van der Waals surface area (Å²) >= 11 is 5.75. The van der Waals surface area contributed by atoms with Crippen LogP contribution in [0, 0.1) is 0 Å². The molecule has 1 aliphatic rings. The minimum atomic E-state index is -5.32. The monoisotopic (exact) mass is 427 g/mol. The van der Waals surface area contributed by atoms with Crippen molar-refractivity contribution in [2.75, 3.05) is 12.0 Å². The maximum Gasteiger partial charge on any atom is 0.440 e. The number of hydrogen-bond acceptors (Lipinski definition) is 4. The van der Waals surface area contributed by atoms with Crippen molar-refractivity contribution < 1.29 is 32.3 Å². The van der Waals surface area contributed by atoms with Crippen LogP contribution in [0.2, 0.25) is 5.02 Å². The summed E-state index contributed by atoms with van der Waals surface area (Å²) in [5.41, 5.74) is -3.98. The van der Waals surface area contributed by atoms with Crippen LogP contribution in [0.15, 0.2) is 48.5 Å². The van der Waals surface area contributed by atoms with Crippen molar-refractivity contribution in [1.82, 2.24) is 10.6 Å². The number of alkyl halides is 3. The van der Waals surface area contributed by atoms with Gasteiger partial charge >= 0.3 is 12.2 Å². The van der Waals surface area contributed by atoms with Gasteiger partial charge in [0.25, 0.3) is 17.5 Å². The zero-order valence-corrected chi connectivity index (χ0v) is 15.5. The highest BCUT2D eigenvalue weighted by molar-refractivity contribution is 6.31. The number of nitrogens with zero attached hydrogens (tertiary/aromatic N) is 1. The number of amides is 4. The van der Waals surface area contributed by atoms with Gasteiger partial charge in [0.15, 0.2) is 0 Å². The first-order valence-corrected chi connectivity index (χ1v) is 8.42. The topological polar surface area (TPSA) is 87.7 Å². The maximum absolute atomic E-state index is 13.9. The van der Waals surface area contributed by atoms with Crippen LogP contribution >= 0.6 is 11.6 Å². The number of nitrogens with one attached hydrogen (secondary N) is 2. The van der Waals surface area contributed by atoms with Gasteiger partial charge in [-0.1, -0.05) is 17.7 Å². The van der Waals surface area contributed by atoms with Gasteiger partial charge in [0, 0.05) is 10.6 Å². The lowest BCUT2D eigenvalue weighted by atomic mass is 10.1. The quantitative estimate of drug-likeness (QED) is 0.734. The van der Waals surface area contributed by atoms with Gasteiger partial charge in [-0.25, -0.2) is 9.69 Å². The molecule has 0 unspecified atom stereocenters. The van der Waals surface area contributed by atoms with Crippen LogP contribution in [0.1, 0.15) is 10.4 Å². The highest BCUT2D eigenvalue weighted by Crippen LogP contribution is 2.36. The number of halogens is 4. The zero-order valence-electron chi connectivity index (χ0n) is 14.7. The number of rotatable bonds is 4. The van der Waals surface area contributed by atoms with E-state index in [9.17, 15) is 27.6 Å². The molecule has 4 amide bonds. The largest absolute Gasteiger partial charge is 0.497 e. The Bertz CT molecular complexity index is 981. The molecule has 0 aromatic heterocycles. The van der Waals surface area contributed by atoms with Gasteiger partial charge < -0.3 is 10.1 Å². The molecular weight excluding hydrogens is 415 g/mol. The summed E-state index contributed by atoms with van der Waals surface area (Å²) in [7, 11) is 1.38. The Morgan fingerprint density at radius 2 is 1.83 bits per heavy atom. The first-order chi connectivity index (χ1) is 13.6. The van der Waals surface area contributed by atoms with E-state index in [1.807, 2.05) is 0 Å². The van der Waals surface area contributed by atoms with E-state index in [2.05, 4.69) is 0 Å². The van der Waals surface area contributed by atoms with Gasteiger partial charge in [0.1, 0.15) is 5.75 Å². The summed E-state index contributed by atoms with van der Waals surface area (Å²) in [4.78, 5) is 37.7. The molecule has 3 rings (SSSR count). The van der Waals surface area contributed by atoms with E-state index in [1.165, 1.54) is 49.6 Å². The molecule has 1 fully saturated rings. The van der Waals surface area contributed by atoms with Crippen LogP contribution in [0.25, 0.3) is 0 Å². The third-order valence-electron chi connectivity index (χ3n) is 4.17. The van der Waals surface area contributed by atoms with Gasteiger partial charge in [0.05, 0.1) is 12.8 Å². The highest BCUT2D eigenvalue weighted by atomic mass is 35.5. The van der Waals surface area contributed by atoms with Gasteiger partial charge in [-0.15, -0.1) is 0 Å². The molecule has 1 saturated heterocycles. The van der Waals surface area contributed by atoms with E-state index >= 15 is 0 Å². The lowest BCUT2D eigenvalue weighted by molar-refractivity contribution is -0.197. The smallest absolute Gasteiger partial charge is 0.440 e. The number of carbonyl (C=O) groups excluding carboxylic acids is 3. The fourth-order valence-electron chi connectivity index (χ4n) is 2.72.